The van der Waals surface area contributed by atoms with Crippen molar-refractivity contribution in [2.45, 2.75) is 20.1 Å². The number of rotatable bonds is 6. The van der Waals surface area contributed by atoms with Gasteiger partial charge in [-0.3, -0.25) is 4.79 Å². The van der Waals surface area contributed by atoms with Crippen LogP contribution in [0.15, 0.2) is 42.5 Å². The number of hydrogen-bond acceptors (Lipinski definition) is 3. The van der Waals surface area contributed by atoms with Crippen LogP contribution in [0.2, 0.25) is 5.15 Å². The molecule has 1 heterocycles. The van der Waals surface area contributed by atoms with Crippen molar-refractivity contribution in [2.75, 3.05) is 6.61 Å². The molecule has 0 fully saturated rings. The molecule has 0 unspecified atom stereocenters. The molecule has 0 aliphatic heterocycles. The van der Waals surface area contributed by atoms with Crippen molar-refractivity contribution in [3.05, 3.63) is 64.4 Å². The summed E-state index contributed by atoms with van der Waals surface area (Å²) >= 11 is 5.78. The van der Waals surface area contributed by atoms with E-state index >= 15 is 0 Å². The summed E-state index contributed by atoms with van der Waals surface area (Å²) in [4.78, 5) is 16.0. The van der Waals surface area contributed by atoms with Gasteiger partial charge in [-0.05, 0) is 30.2 Å². The Hall–Kier alpha value is -1.91. The number of ether oxygens (including phenoxy) is 1. The first-order valence-electron chi connectivity index (χ1n) is 6.76. The molecule has 0 aliphatic rings. The summed E-state index contributed by atoms with van der Waals surface area (Å²) in [6.07, 6.45) is 0. The Balaban J connectivity index is 2.01. The van der Waals surface area contributed by atoms with Gasteiger partial charge in [-0.1, -0.05) is 41.9 Å². The van der Waals surface area contributed by atoms with E-state index in [9.17, 15) is 4.79 Å². The highest BCUT2D eigenvalue weighted by Gasteiger charge is 2.08. The smallest absolute Gasteiger partial charge is 0.270 e. The number of halogens is 1. The summed E-state index contributed by atoms with van der Waals surface area (Å²) in [6, 6.07) is 12.8. The average molecular weight is 305 g/mol. The Morgan fingerprint density at radius 3 is 2.67 bits per heavy atom. The van der Waals surface area contributed by atoms with Crippen molar-refractivity contribution in [1.82, 2.24) is 10.3 Å². The molecular weight excluding hydrogens is 288 g/mol. The van der Waals surface area contributed by atoms with Crippen LogP contribution in [-0.2, 0) is 17.9 Å². The SMILES string of the molecule is CCOCc1ccccc1CNC(=O)c1cccc(Cl)n1. The summed E-state index contributed by atoms with van der Waals surface area (Å²) in [7, 11) is 0. The Kier molecular flexibility index (Phi) is 5.72. The van der Waals surface area contributed by atoms with Crippen molar-refractivity contribution in [1.29, 1.82) is 0 Å². The monoisotopic (exact) mass is 304 g/mol. The van der Waals surface area contributed by atoms with Crippen LogP contribution < -0.4 is 5.32 Å². The third kappa shape index (κ3) is 4.55. The third-order valence-corrected chi connectivity index (χ3v) is 3.18. The normalized spacial score (nSPS) is 10.4. The lowest BCUT2D eigenvalue weighted by Crippen LogP contribution is -2.24. The Labute approximate surface area is 129 Å². The van der Waals surface area contributed by atoms with Gasteiger partial charge in [0.25, 0.3) is 5.91 Å². The first kappa shape index (κ1) is 15.5. The number of nitrogens with one attached hydrogen (secondary N) is 1. The Bertz CT molecular complexity index is 617. The number of carbonyl (C=O) groups is 1. The maximum atomic E-state index is 12.0. The second-order valence-electron chi connectivity index (χ2n) is 4.43. The Morgan fingerprint density at radius 2 is 1.95 bits per heavy atom. The zero-order valence-corrected chi connectivity index (χ0v) is 12.6. The zero-order valence-electron chi connectivity index (χ0n) is 11.8. The van der Waals surface area contributed by atoms with Crippen molar-refractivity contribution in [3.63, 3.8) is 0 Å². The molecule has 4 nitrogen and oxygen atoms in total. The van der Waals surface area contributed by atoms with Gasteiger partial charge >= 0.3 is 0 Å². The van der Waals surface area contributed by atoms with E-state index in [0.717, 1.165) is 11.1 Å². The van der Waals surface area contributed by atoms with Gasteiger partial charge in [0.15, 0.2) is 0 Å². The maximum absolute atomic E-state index is 12.0. The highest BCUT2D eigenvalue weighted by Crippen LogP contribution is 2.11. The standard InChI is InChI=1S/C16H17ClN2O2/c1-2-21-11-13-7-4-3-6-12(13)10-18-16(20)14-8-5-9-15(17)19-14/h3-9H,2,10-11H2,1H3,(H,18,20). The summed E-state index contributed by atoms with van der Waals surface area (Å²) in [6.45, 7) is 3.58. The molecule has 1 aromatic heterocycles. The van der Waals surface area contributed by atoms with Gasteiger partial charge in [-0.25, -0.2) is 4.98 Å². The molecular formula is C16H17ClN2O2. The molecule has 1 amide bonds. The van der Waals surface area contributed by atoms with Gasteiger partial charge in [-0.2, -0.15) is 0 Å². The van der Waals surface area contributed by atoms with Crippen molar-refractivity contribution >= 4 is 17.5 Å². The van der Waals surface area contributed by atoms with Crippen molar-refractivity contribution in [2.24, 2.45) is 0 Å². The number of pyridine rings is 1. The first-order valence-corrected chi connectivity index (χ1v) is 7.13. The summed E-state index contributed by atoms with van der Waals surface area (Å²) in [5, 5.41) is 3.15. The predicted molar refractivity (Wildman–Crippen MR) is 82.2 cm³/mol. The lowest BCUT2D eigenvalue weighted by atomic mass is 10.1. The lowest BCUT2D eigenvalue weighted by molar-refractivity contribution is 0.0945. The number of hydrogen-bond donors (Lipinski definition) is 1. The first-order chi connectivity index (χ1) is 10.2. The summed E-state index contributed by atoms with van der Waals surface area (Å²) < 4.78 is 5.42. The highest BCUT2D eigenvalue weighted by atomic mass is 35.5. The van der Waals surface area contributed by atoms with E-state index < -0.39 is 0 Å². The van der Waals surface area contributed by atoms with E-state index in [2.05, 4.69) is 10.3 Å². The van der Waals surface area contributed by atoms with Gasteiger partial charge in [0.2, 0.25) is 0 Å². The van der Waals surface area contributed by atoms with Crippen LogP contribution in [0.3, 0.4) is 0 Å². The van der Waals surface area contributed by atoms with E-state index in [1.54, 1.807) is 18.2 Å². The van der Waals surface area contributed by atoms with Crippen LogP contribution >= 0.6 is 11.6 Å². The summed E-state index contributed by atoms with van der Waals surface area (Å²) in [5.41, 5.74) is 2.41. The highest BCUT2D eigenvalue weighted by molar-refractivity contribution is 6.29. The molecule has 0 bridgehead atoms. The van der Waals surface area contributed by atoms with Gasteiger partial charge in [0.05, 0.1) is 6.61 Å². The molecule has 1 N–H and O–H groups in total. The van der Waals surface area contributed by atoms with E-state index in [1.165, 1.54) is 0 Å². The van der Waals surface area contributed by atoms with E-state index in [1.807, 2.05) is 31.2 Å². The van der Waals surface area contributed by atoms with Crippen LogP contribution in [0, 0.1) is 0 Å². The fourth-order valence-electron chi connectivity index (χ4n) is 1.88. The molecule has 0 spiro atoms. The molecule has 110 valence electrons. The molecule has 1 aromatic carbocycles. The topological polar surface area (TPSA) is 51.2 Å². The lowest BCUT2D eigenvalue weighted by Gasteiger charge is -2.10. The van der Waals surface area contributed by atoms with Gasteiger partial charge in [0.1, 0.15) is 10.8 Å². The molecule has 0 saturated heterocycles. The minimum Gasteiger partial charge on any atom is -0.377 e. The van der Waals surface area contributed by atoms with Gasteiger partial charge in [-0.15, -0.1) is 0 Å². The quantitative estimate of drug-likeness (QED) is 0.834. The number of nitrogens with zero attached hydrogens (tertiary/aromatic N) is 1. The molecule has 2 rings (SSSR count). The molecule has 0 saturated carbocycles. The molecule has 21 heavy (non-hydrogen) atoms. The molecule has 0 radical (unpaired) electrons. The minimum absolute atomic E-state index is 0.247. The summed E-state index contributed by atoms with van der Waals surface area (Å²) in [5.74, 6) is -0.247. The number of carbonyl (C=O) groups excluding carboxylic acids is 1. The molecule has 0 atom stereocenters. The second-order valence-corrected chi connectivity index (χ2v) is 4.82. The van der Waals surface area contributed by atoms with Gasteiger partial charge in [0, 0.05) is 13.2 Å². The van der Waals surface area contributed by atoms with Crippen LogP contribution in [0.4, 0.5) is 0 Å². The van der Waals surface area contributed by atoms with Crippen molar-refractivity contribution in [3.8, 4) is 0 Å². The van der Waals surface area contributed by atoms with E-state index in [-0.39, 0.29) is 5.91 Å². The van der Waals surface area contributed by atoms with Gasteiger partial charge < -0.3 is 10.1 Å². The molecule has 2 aromatic rings. The predicted octanol–water partition coefficient (Wildman–Crippen LogP) is 3.20. The third-order valence-electron chi connectivity index (χ3n) is 2.97. The van der Waals surface area contributed by atoms with Crippen LogP contribution in [0.5, 0.6) is 0 Å². The number of aromatic nitrogens is 1. The van der Waals surface area contributed by atoms with Crippen LogP contribution in [-0.4, -0.2) is 17.5 Å². The fraction of sp³-hybridized carbons (Fsp3) is 0.250. The van der Waals surface area contributed by atoms with E-state index in [0.29, 0.717) is 30.6 Å². The average Bonchev–Trinajstić information content (AvgIpc) is 2.51. The Morgan fingerprint density at radius 1 is 1.19 bits per heavy atom. The maximum Gasteiger partial charge on any atom is 0.270 e. The minimum atomic E-state index is -0.247. The largest absolute Gasteiger partial charge is 0.377 e. The molecule has 5 heteroatoms. The van der Waals surface area contributed by atoms with Crippen molar-refractivity contribution < 1.29 is 9.53 Å². The second kappa shape index (κ2) is 7.76. The zero-order chi connectivity index (χ0) is 15.1. The number of benzene rings is 1. The van der Waals surface area contributed by atoms with Crippen LogP contribution in [0.25, 0.3) is 0 Å². The number of amides is 1. The molecule has 0 aliphatic carbocycles. The van der Waals surface area contributed by atoms with Crippen LogP contribution in [0.1, 0.15) is 28.5 Å². The fourth-order valence-corrected chi connectivity index (χ4v) is 2.05. The van der Waals surface area contributed by atoms with E-state index in [4.69, 9.17) is 16.3 Å².